The Morgan fingerprint density at radius 2 is 2.04 bits per heavy atom. The van der Waals surface area contributed by atoms with E-state index in [9.17, 15) is 4.79 Å². The van der Waals surface area contributed by atoms with Gasteiger partial charge in [0.1, 0.15) is 5.69 Å². The third-order valence-electron chi connectivity index (χ3n) is 4.32. The molecule has 1 fully saturated rings. The van der Waals surface area contributed by atoms with E-state index < -0.39 is 0 Å². The normalized spacial score (nSPS) is 14.5. The minimum Gasteiger partial charge on any atom is -0.383 e. The number of halogens is 1. The number of benzene rings is 1. The van der Waals surface area contributed by atoms with E-state index in [1.807, 2.05) is 24.3 Å². The quantitative estimate of drug-likeness (QED) is 0.831. The van der Waals surface area contributed by atoms with Crippen LogP contribution in [-0.4, -0.2) is 23.5 Å². The van der Waals surface area contributed by atoms with Gasteiger partial charge >= 0.3 is 0 Å². The topological polar surface area (TPSA) is 54.0 Å². The van der Waals surface area contributed by atoms with Crippen LogP contribution in [0.1, 0.15) is 41.7 Å². The van der Waals surface area contributed by atoms with Gasteiger partial charge in [-0.15, -0.1) is 0 Å². The van der Waals surface area contributed by atoms with E-state index in [1.165, 1.54) is 18.4 Å². The second-order valence-corrected chi connectivity index (χ2v) is 6.63. The second kappa shape index (κ2) is 8.15. The number of amides is 1. The van der Waals surface area contributed by atoms with Crippen molar-refractivity contribution < 1.29 is 4.79 Å². The number of carbonyl (C=O) groups excluding carboxylic acids is 1. The van der Waals surface area contributed by atoms with Crippen molar-refractivity contribution in [2.45, 2.75) is 38.1 Å². The van der Waals surface area contributed by atoms with Crippen molar-refractivity contribution in [1.29, 1.82) is 0 Å². The molecule has 1 aliphatic carbocycles. The average Bonchev–Trinajstić information content (AvgIpc) is 3.08. The Labute approximate surface area is 147 Å². The molecule has 0 spiro atoms. The molecule has 1 aliphatic rings. The highest BCUT2D eigenvalue weighted by Gasteiger charge is 2.18. The van der Waals surface area contributed by atoms with Gasteiger partial charge in [0.05, 0.1) is 11.9 Å². The summed E-state index contributed by atoms with van der Waals surface area (Å²) in [4.78, 5) is 16.4. The van der Waals surface area contributed by atoms with E-state index in [0.29, 0.717) is 11.7 Å². The Bertz CT molecular complexity index is 681. The molecular formula is C19H22ClN3O. The van der Waals surface area contributed by atoms with Gasteiger partial charge in [0.15, 0.2) is 0 Å². The van der Waals surface area contributed by atoms with Gasteiger partial charge in [0, 0.05) is 17.6 Å². The van der Waals surface area contributed by atoms with Crippen molar-refractivity contribution >= 4 is 23.2 Å². The van der Waals surface area contributed by atoms with Gasteiger partial charge in [0.25, 0.3) is 5.91 Å². The number of carbonyl (C=O) groups is 1. The van der Waals surface area contributed by atoms with Crippen molar-refractivity contribution in [3.8, 4) is 0 Å². The van der Waals surface area contributed by atoms with Crippen molar-refractivity contribution in [3.63, 3.8) is 0 Å². The lowest BCUT2D eigenvalue weighted by molar-refractivity contribution is 0.0933. The molecule has 0 unspecified atom stereocenters. The van der Waals surface area contributed by atoms with Crippen LogP contribution in [0.15, 0.2) is 42.6 Å². The highest BCUT2D eigenvalue weighted by atomic mass is 35.5. The Morgan fingerprint density at radius 1 is 1.21 bits per heavy atom. The zero-order valence-corrected chi connectivity index (χ0v) is 14.4. The summed E-state index contributed by atoms with van der Waals surface area (Å²) in [5, 5.41) is 7.12. The molecule has 1 amide bonds. The fourth-order valence-electron chi connectivity index (χ4n) is 3.01. The molecule has 1 heterocycles. The van der Waals surface area contributed by atoms with Crippen molar-refractivity contribution in [1.82, 2.24) is 10.3 Å². The molecule has 2 N–H and O–H groups in total. The van der Waals surface area contributed by atoms with Crippen LogP contribution in [0.4, 0.5) is 5.69 Å². The monoisotopic (exact) mass is 343 g/mol. The molecule has 5 heteroatoms. The van der Waals surface area contributed by atoms with Crippen molar-refractivity contribution in [3.05, 3.63) is 58.9 Å². The minimum absolute atomic E-state index is 0.0765. The molecule has 24 heavy (non-hydrogen) atoms. The number of hydrogen-bond donors (Lipinski definition) is 2. The first kappa shape index (κ1) is 16.8. The van der Waals surface area contributed by atoms with Crippen LogP contribution in [0.5, 0.6) is 0 Å². The zero-order valence-electron chi connectivity index (χ0n) is 13.6. The Balaban J connectivity index is 1.48. The van der Waals surface area contributed by atoms with Gasteiger partial charge in [-0.3, -0.25) is 4.79 Å². The SMILES string of the molecule is O=C(NC1CCCC1)c1ccc(NCCc2cccc(Cl)c2)cn1. The van der Waals surface area contributed by atoms with Gasteiger partial charge < -0.3 is 10.6 Å². The van der Waals surface area contributed by atoms with E-state index in [-0.39, 0.29) is 5.91 Å². The van der Waals surface area contributed by atoms with Crippen molar-refractivity contribution in [2.24, 2.45) is 0 Å². The van der Waals surface area contributed by atoms with Gasteiger partial charge in [0.2, 0.25) is 0 Å². The predicted molar refractivity (Wildman–Crippen MR) is 97.6 cm³/mol. The number of aromatic nitrogens is 1. The molecule has 0 saturated heterocycles. The van der Waals surface area contributed by atoms with Crippen LogP contribution in [0.3, 0.4) is 0 Å². The van der Waals surface area contributed by atoms with Crippen molar-refractivity contribution in [2.75, 3.05) is 11.9 Å². The number of pyridine rings is 1. The number of rotatable bonds is 6. The zero-order chi connectivity index (χ0) is 16.8. The lowest BCUT2D eigenvalue weighted by atomic mass is 10.1. The van der Waals surface area contributed by atoms with E-state index in [2.05, 4.69) is 21.7 Å². The number of nitrogens with one attached hydrogen (secondary N) is 2. The smallest absolute Gasteiger partial charge is 0.270 e. The Morgan fingerprint density at radius 3 is 2.75 bits per heavy atom. The van der Waals surface area contributed by atoms with Crippen LogP contribution in [0, 0.1) is 0 Å². The summed E-state index contributed by atoms with van der Waals surface area (Å²) in [5.41, 5.74) is 2.58. The van der Waals surface area contributed by atoms with Crippen LogP contribution in [0.25, 0.3) is 0 Å². The third kappa shape index (κ3) is 4.71. The van der Waals surface area contributed by atoms with Gasteiger partial charge in [-0.2, -0.15) is 0 Å². The van der Waals surface area contributed by atoms with Gasteiger partial charge in [-0.1, -0.05) is 36.6 Å². The first-order valence-electron chi connectivity index (χ1n) is 8.46. The highest BCUT2D eigenvalue weighted by Crippen LogP contribution is 2.18. The van der Waals surface area contributed by atoms with E-state index in [4.69, 9.17) is 11.6 Å². The van der Waals surface area contributed by atoms with Crippen LogP contribution >= 0.6 is 11.6 Å². The number of nitrogens with zero attached hydrogens (tertiary/aromatic N) is 1. The summed E-state index contributed by atoms with van der Waals surface area (Å²) in [7, 11) is 0. The standard InChI is InChI=1S/C19H22ClN3O/c20-15-5-3-4-14(12-15)10-11-21-17-8-9-18(22-13-17)19(24)23-16-6-1-2-7-16/h3-5,8-9,12-13,16,21H,1-2,6-7,10-11H2,(H,23,24). The average molecular weight is 344 g/mol. The van der Waals surface area contributed by atoms with Crippen LogP contribution < -0.4 is 10.6 Å². The lowest BCUT2D eigenvalue weighted by Gasteiger charge is -2.12. The molecule has 126 valence electrons. The summed E-state index contributed by atoms with van der Waals surface area (Å²) in [6.45, 7) is 0.787. The van der Waals surface area contributed by atoms with E-state index in [0.717, 1.165) is 36.5 Å². The lowest BCUT2D eigenvalue weighted by Crippen LogP contribution is -2.33. The summed E-state index contributed by atoms with van der Waals surface area (Å²) in [6, 6.07) is 11.8. The summed E-state index contributed by atoms with van der Waals surface area (Å²) in [6.07, 6.45) is 7.15. The Kier molecular flexibility index (Phi) is 5.70. The molecule has 2 aromatic rings. The van der Waals surface area contributed by atoms with E-state index >= 15 is 0 Å². The maximum Gasteiger partial charge on any atom is 0.270 e. The highest BCUT2D eigenvalue weighted by molar-refractivity contribution is 6.30. The summed E-state index contributed by atoms with van der Waals surface area (Å²) >= 11 is 5.98. The molecule has 3 rings (SSSR count). The Hall–Kier alpha value is -2.07. The molecule has 0 aliphatic heterocycles. The minimum atomic E-state index is -0.0765. The molecule has 0 bridgehead atoms. The van der Waals surface area contributed by atoms with Crippen LogP contribution in [0.2, 0.25) is 5.02 Å². The number of hydrogen-bond acceptors (Lipinski definition) is 3. The van der Waals surface area contributed by atoms with Crippen LogP contribution in [-0.2, 0) is 6.42 Å². The molecule has 0 atom stereocenters. The maximum absolute atomic E-state index is 12.1. The third-order valence-corrected chi connectivity index (χ3v) is 4.55. The van der Waals surface area contributed by atoms with E-state index in [1.54, 1.807) is 12.3 Å². The molecule has 1 aromatic heterocycles. The fraction of sp³-hybridized carbons (Fsp3) is 0.368. The number of anilines is 1. The molecule has 4 nitrogen and oxygen atoms in total. The summed E-state index contributed by atoms with van der Waals surface area (Å²) < 4.78 is 0. The molecular weight excluding hydrogens is 322 g/mol. The summed E-state index contributed by atoms with van der Waals surface area (Å²) in [5.74, 6) is -0.0765. The maximum atomic E-state index is 12.1. The second-order valence-electron chi connectivity index (χ2n) is 6.19. The largest absolute Gasteiger partial charge is 0.383 e. The molecule has 1 saturated carbocycles. The first-order chi connectivity index (χ1) is 11.7. The van der Waals surface area contributed by atoms with Gasteiger partial charge in [-0.25, -0.2) is 4.98 Å². The first-order valence-corrected chi connectivity index (χ1v) is 8.84. The van der Waals surface area contributed by atoms with Gasteiger partial charge in [-0.05, 0) is 49.1 Å². The predicted octanol–water partition coefficient (Wildman–Crippen LogP) is 4.06. The fourth-order valence-corrected chi connectivity index (χ4v) is 3.22. The molecule has 1 aromatic carbocycles. The molecule has 0 radical (unpaired) electrons.